The molecule has 0 N–H and O–H groups in total. The average molecular weight is 211 g/mol. The summed E-state index contributed by atoms with van der Waals surface area (Å²) >= 11 is 5.51. The van der Waals surface area contributed by atoms with Crippen LogP contribution in [0.4, 0.5) is 13.2 Å². The normalized spacial score (nSPS) is 11.8. The molecule has 0 amide bonds. The number of hydrogen-bond acceptors (Lipinski definition) is 2. The maximum Gasteiger partial charge on any atom is 0.435 e. The van der Waals surface area contributed by atoms with Crippen molar-refractivity contribution < 1.29 is 13.2 Å². The van der Waals surface area contributed by atoms with E-state index in [0.717, 1.165) is 6.07 Å². The zero-order valence-electron chi connectivity index (χ0n) is 6.69. The molecule has 0 radical (unpaired) electrons. The molecule has 0 aliphatic rings. The third-order valence-electron chi connectivity index (χ3n) is 1.49. The number of nitrogens with zero attached hydrogens (tertiary/aromatic N) is 2. The maximum absolute atomic E-state index is 12.1. The molecule has 0 aromatic carbocycles. The first-order valence-electron chi connectivity index (χ1n) is 3.54. The molecule has 0 spiro atoms. The van der Waals surface area contributed by atoms with E-state index < -0.39 is 11.9 Å². The van der Waals surface area contributed by atoms with Gasteiger partial charge in [0.1, 0.15) is 0 Å². The number of aryl methyl sites for hydroxylation is 1. The second-order valence-corrected chi connectivity index (χ2v) is 2.75. The Morgan fingerprint density at radius 3 is 2.46 bits per heavy atom. The lowest BCUT2D eigenvalue weighted by Crippen LogP contribution is -2.10. The van der Waals surface area contributed by atoms with Crippen LogP contribution in [-0.4, -0.2) is 10.2 Å². The summed E-state index contributed by atoms with van der Waals surface area (Å²) in [5.74, 6) is 0. The topological polar surface area (TPSA) is 25.8 Å². The van der Waals surface area contributed by atoms with E-state index in [-0.39, 0.29) is 5.15 Å². The molecule has 1 aromatic rings. The minimum atomic E-state index is -4.46. The lowest BCUT2D eigenvalue weighted by atomic mass is 10.2. The molecule has 0 aliphatic carbocycles. The second-order valence-electron chi connectivity index (χ2n) is 2.40. The van der Waals surface area contributed by atoms with Crippen molar-refractivity contribution in [3.8, 4) is 0 Å². The van der Waals surface area contributed by atoms with Crippen molar-refractivity contribution in [1.82, 2.24) is 10.2 Å². The smallest absolute Gasteiger partial charge is 0.164 e. The fourth-order valence-corrected chi connectivity index (χ4v) is 1.03. The van der Waals surface area contributed by atoms with Gasteiger partial charge in [-0.2, -0.15) is 13.2 Å². The third-order valence-corrected chi connectivity index (χ3v) is 1.81. The molecule has 72 valence electrons. The van der Waals surface area contributed by atoms with Gasteiger partial charge in [0.2, 0.25) is 0 Å². The Labute approximate surface area is 77.7 Å². The Morgan fingerprint density at radius 2 is 2.00 bits per heavy atom. The van der Waals surface area contributed by atoms with Crippen LogP contribution < -0.4 is 0 Å². The zero-order chi connectivity index (χ0) is 10.1. The molecule has 2 nitrogen and oxygen atoms in total. The van der Waals surface area contributed by atoms with Crippen LogP contribution in [0.25, 0.3) is 0 Å². The van der Waals surface area contributed by atoms with Gasteiger partial charge in [0, 0.05) is 0 Å². The van der Waals surface area contributed by atoms with Crippen LogP contribution in [0.15, 0.2) is 6.07 Å². The van der Waals surface area contributed by atoms with Crippen molar-refractivity contribution in [3.63, 3.8) is 0 Å². The van der Waals surface area contributed by atoms with Gasteiger partial charge in [-0.3, -0.25) is 0 Å². The van der Waals surface area contributed by atoms with E-state index in [1.165, 1.54) is 0 Å². The zero-order valence-corrected chi connectivity index (χ0v) is 7.45. The van der Waals surface area contributed by atoms with Crippen LogP contribution in [0, 0.1) is 0 Å². The van der Waals surface area contributed by atoms with Gasteiger partial charge in [-0.15, -0.1) is 10.2 Å². The molecule has 1 heterocycles. The molecule has 1 aromatic heterocycles. The van der Waals surface area contributed by atoms with Gasteiger partial charge in [-0.1, -0.05) is 18.5 Å². The summed E-state index contributed by atoms with van der Waals surface area (Å²) in [5, 5.41) is 6.19. The van der Waals surface area contributed by atoms with Crippen molar-refractivity contribution in [2.24, 2.45) is 0 Å². The number of hydrogen-bond donors (Lipinski definition) is 0. The van der Waals surface area contributed by atoms with Gasteiger partial charge in [0.25, 0.3) is 0 Å². The predicted molar refractivity (Wildman–Crippen MR) is 41.4 cm³/mol. The fourth-order valence-electron chi connectivity index (χ4n) is 0.802. The first-order valence-corrected chi connectivity index (χ1v) is 3.92. The maximum atomic E-state index is 12.1. The first kappa shape index (κ1) is 10.2. The third kappa shape index (κ3) is 2.30. The minimum Gasteiger partial charge on any atom is -0.164 e. The van der Waals surface area contributed by atoms with Crippen LogP contribution in [0.3, 0.4) is 0 Å². The Hall–Kier alpha value is -0.840. The molecular weight excluding hydrogens is 205 g/mol. The quantitative estimate of drug-likeness (QED) is 0.712. The van der Waals surface area contributed by atoms with E-state index >= 15 is 0 Å². The molecule has 0 bridgehead atoms. The minimum absolute atomic E-state index is 0.0236. The van der Waals surface area contributed by atoms with Crippen LogP contribution in [0.1, 0.15) is 18.2 Å². The Kier molecular flexibility index (Phi) is 2.75. The summed E-state index contributed by atoms with van der Waals surface area (Å²) in [4.78, 5) is 0. The van der Waals surface area contributed by atoms with E-state index in [0.29, 0.717) is 12.0 Å². The first-order chi connectivity index (χ1) is 5.95. The number of aromatic nitrogens is 2. The summed E-state index contributed by atoms with van der Waals surface area (Å²) in [6.45, 7) is 1.70. The lowest BCUT2D eigenvalue weighted by Gasteiger charge is -2.06. The molecule has 13 heavy (non-hydrogen) atoms. The van der Waals surface area contributed by atoms with E-state index in [2.05, 4.69) is 10.2 Å². The van der Waals surface area contributed by atoms with Gasteiger partial charge in [0.15, 0.2) is 10.8 Å². The summed E-state index contributed by atoms with van der Waals surface area (Å²) in [5.41, 5.74) is -0.655. The van der Waals surface area contributed by atoms with Gasteiger partial charge in [-0.05, 0) is 18.1 Å². The standard InChI is InChI=1S/C7H6ClF3N2/c1-2-4-3-5(7(9,10)11)12-13-6(4)8/h3H,2H2,1H3. The monoisotopic (exact) mass is 210 g/mol. The van der Waals surface area contributed by atoms with Crippen molar-refractivity contribution >= 4 is 11.6 Å². The Bertz CT molecular complexity index is 311. The largest absolute Gasteiger partial charge is 0.435 e. The number of rotatable bonds is 1. The molecule has 0 unspecified atom stereocenters. The highest BCUT2D eigenvalue weighted by Crippen LogP contribution is 2.28. The Balaban J connectivity index is 3.14. The lowest BCUT2D eigenvalue weighted by molar-refractivity contribution is -0.141. The second kappa shape index (κ2) is 3.49. The van der Waals surface area contributed by atoms with Gasteiger partial charge in [0.05, 0.1) is 0 Å². The summed E-state index contributed by atoms with van der Waals surface area (Å²) < 4.78 is 36.3. The average Bonchev–Trinajstić information content (AvgIpc) is 2.03. The van der Waals surface area contributed by atoms with E-state index in [1.54, 1.807) is 6.92 Å². The molecular formula is C7H6ClF3N2. The van der Waals surface area contributed by atoms with E-state index in [1.807, 2.05) is 0 Å². The van der Waals surface area contributed by atoms with Gasteiger partial charge in [-0.25, -0.2) is 0 Å². The van der Waals surface area contributed by atoms with E-state index in [9.17, 15) is 13.2 Å². The van der Waals surface area contributed by atoms with E-state index in [4.69, 9.17) is 11.6 Å². The Morgan fingerprint density at radius 1 is 1.38 bits per heavy atom. The van der Waals surface area contributed by atoms with Crippen molar-refractivity contribution in [2.75, 3.05) is 0 Å². The molecule has 0 saturated heterocycles. The fraction of sp³-hybridized carbons (Fsp3) is 0.429. The molecule has 1 rings (SSSR count). The SMILES string of the molecule is CCc1cc(C(F)(F)F)nnc1Cl. The summed E-state index contributed by atoms with van der Waals surface area (Å²) in [6, 6.07) is 0.912. The van der Waals surface area contributed by atoms with Crippen LogP contribution in [-0.2, 0) is 12.6 Å². The van der Waals surface area contributed by atoms with Gasteiger partial charge < -0.3 is 0 Å². The number of halogens is 4. The van der Waals surface area contributed by atoms with Crippen molar-refractivity contribution in [3.05, 3.63) is 22.5 Å². The van der Waals surface area contributed by atoms with Crippen LogP contribution >= 0.6 is 11.6 Å². The molecule has 0 saturated carbocycles. The highest BCUT2D eigenvalue weighted by Gasteiger charge is 2.33. The van der Waals surface area contributed by atoms with Crippen molar-refractivity contribution in [1.29, 1.82) is 0 Å². The number of alkyl halides is 3. The summed E-state index contributed by atoms with van der Waals surface area (Å²) in [6.07, 6.45) is -4.06. The molecule has 6 heteroatoms. The van der Waals surface area contributed by atoms with Gasteiger partial charge >= 0.3 is 6.18 Å². The highest BCUT2D eigenvalue weighted by molar-refractivity contribution is 6.30. The van der Waals surface area contributed by atoms with Crippen LogP contribution in [0.2, 0.25) is 5.15 Å². The predicted octanol–water partition coefficient (Wildman–Crippen LogP) is 2.71. The molecule has 0 aliphatic heterocycles. The van der Waals surface area contributed by atoms with Crippen LogP contribution in [0.5, 0.6) is 0 Å². The summed E-state index contributed by atoms with van der Waals surface area (Å²) in [7, 11) is 0. The highest BCUT2D eigenvalue weighted by atomic mass is 35.5. The molecule has 0 atom stereocenters. The van der Waals surface area contributed by atoms with Crippen molar-refractivity contribution in [2.45, 2.75) is 19.5 Å². The molecule has 0 fully saturated rings.